The summed E-state index contributed by atoms with van der Waals surface area (Å²) in [4.78, 5) is 4.94. The van der Waals surface area contributed by atoms with E-state index in [0.717, 1.165) is 39.0 Å². The van der Waals surface area contributed by atoms with E-state index in [-0.39, 0.29) is 0 Å². The maximum Gasteiger partial charge on any atom is 0.0368 e. The summed E-state index contributed by atoms with van der Waals surface area (Å²) in [6.07, 6.45) is 8.71. The molecule has 0 aliphatic rings. The van der Waals surface area contributed by atoms with Gasteiger partial charge in [0.25, 0.3) is 0 Å². The predicted octanol–water partition coefficient (Wildman–Crippen LogP) is 8.61. The number of nitrogens with zero attached hydrogens (tertiary/aromatic N) is 2. The van der Waals surface area contributed by atoms with E-state index in [4.69, 9.17) is 0 Å². The second kappa shape index (κ2) is 14.3. The first-order valence-corrected chi connectivity index (χ1v) is 13.8. The number of unbranched alkanes of at least 4 members (excludes halogenated alkanes) is 3. The Hall–Kier alpha value is -1.96. The van der Waals surface area contributed by atoms with Gasteiger partial charge in [-0.25, -0.2) is 0 Å². The zero-order valence-electron chi connectivity index (χ0n) is 22.7. The molecule has 2 heteroatoms. The molecule has 0 fully saturated rings. The summed E-state index contributed by atoms with van der Waals surface area (Å²) < 4.78 is 0. The van der Waals surface area contributed by atoms with Crippen LogP contribution in [0.3, 0.4) is 0 Å². The van der Waals surface area contributed by atoms with Crippen molar-refractivity contribution in [2.75, 3.05) is 36.0 Å². The van der Waals surface area contributed by atoms with Crippen LogP contribution in [0, 0.1) is 0 Å². The average molecular weight is 451 g/mol. The monoisotopic (exact) mass is 450 g/mol. The van der Waals surface area contributed by atoms with Gasteiger partial charge in [0.15, 0.2) is 0 Å². The Balaban J connectivity index is 2.53. The van der Waals surface area contributed by atoms with Crippen molar-refractivity contribution in [3.8, 4) is 0 Å². The molecule has 0 heterocycles. The molecule has 0 spiro atoms. The Kier molecular flexibility index (Phi) is 11.9. The molecular formula is C31H50N2. The van der Waals surface area contributed by atoms with Crippen molar-refractivity contribution in [2.24, 2.45) is 0 Å². The standard InChI is InChI=1S/C31H50N2/c1-8-15-16-17-18-31(29-21-19-27(23-25(29)9-2)32(11-4)12-5)30-22-20-28(24-26(30)10-3)33(13-6)14-7/h19-24,31H,8-18H2,1-7H3. The van der Waals surface area contributed by atoms with Crippen molar-refractivity contribution in [1.82, 2.24) is 0 Å². The van der Waals surface area contributed by atoms with Gasteiger partial charge in [-0.05, 0) is 93.5 Å². The van der Waals surface area contributed by atoms with Gasteiger partial charge in [-0.3, -0.25) is 0 Å². The van der Waals surface area contributed by atoms with Crippen LogP contribution in [-0.2, 0) is 12.8 Å². The lowest BCUT2D eigenvalue weighted by atomic mass is 9.81. The van der Waals surface area contributed by atoms with Crippen molar-refractivity contribution in [3.63, 3.8) is 0 Å². The van der Waals surface area contributed by atoms with E-state index in [0.29, 0.717) is 5.92 Å². The quantitative estimate of drug-likeness (QED) is 0.251. The van der Waals surface area contributed by atoms with E-state index >= 15 is 0 Å². The third-order valence-electron chi connectivity index (χ3n) is 7.37. The molecule has 0 unspecified atom stereocenters. The van der Waals surface area contributed by atoms with Crippen LogP contribution < -0.4 is 9.80 Å². The van der Waals surface area contributed by atoms with Crippen molar-refractivity contribution in [3.05, 3.63) is 58.7 Å². The maximum absolute atomic E-state index is 2.47. The molecule has 0 aliphatic carbocycles. The summed E-state index contributed by atoms with van der Waals surface area (Å²) in [6, 6.07) is 14.6. The molecule has 2 rings (SSSR count). The molecule has 0 saturated carbocycles. The Labute approximate surface area is 205 Å². The minimum atomic E-state index is 0.489. The Morgan fingerprint density at radius 1 is 0.576 bits per heavy atom. The van der Waals surface area contributed by atoms with E-state index in [1.54, 1.807) is 11.1 Å². The minimum absolute atomic E-state index is 0.489. The molecule has 0 aliphatic heterocycles. The fourth-order valence-corrected chi connectivity index (χ4v) is 5.30. The molecule has 2 aromatic carbocycles. The lowest BCUT2D eigenvalue weighted by Crippen LogP contribution is -2.22. The molecule has 0 bridgehead atoms. The summed E-state index contributed by atoms with van der Waals surface area (Å²) in [5, 5.41) is 0. The van der Waals surface area contributed by atoms with Crippen molar-refractivity contribution in [2.45, 2.75) is 99.3 Å². The molecule has 0 amide bonds. The van der Waals surface area contributed by atoms with E-state index in [1.165, 1.54) is 54.6 Å². The van der Waals surface area contributed by atoms with Gasteiger partial charge in [0.05, 0.1) is 0 Å². The average Bonchev–Trinajstić information content (AvgIpc) is 2.86. The normalized spacial score (nSPS) is 11.3. The molecule has 184 valence electrons. The maximum atomic E-state index is 2.47. The van der Waals surface area contributed by atoms with Crippen molar-refractivity contribution < 1.29 is 0 Å². The topological polar surface area (TPSA) is 6.48 Å². The van der Waals surface area contributed by atoms with Crippen LogP contribution in [0.25, 0.3) is 0 Å². The van der Waals surface area contributed by atoms with Crippen LogP contribution in [-0.4, -0.2) is 26.2 Å². The van der Waals surface area contributed by atoms with Crippen LogP contribution in [0.15, 0.2) is 36.4 Å². The van der Waals surface area contributed by atoms with Gasteiger partial charge in [-0.2, -0.15) is 0 Å². The summed E-state index contributed by atoms with van der Waals surface area (Å²) in [7, 11) is 0. The van der Waals surface area contributed by atoms with E-state index in [2.05, 4.69) is 94.7 Å². The molecule has 0 atom stereocenters. The predicted molar refractivity (Wildman–Crippen MR) is 149 cm³/mol. The van der Waals surface area contributed by atoms with Crippen LogP contribution in [0.5, 0.6) is 0 Å². The van der Waals surface area contributed by atoms with Gasteiger partial charge in [0.1, 0.15) is 0 Å². The number of hydrogen-bond donors (Lipinski definition) is 0. The third-order valence-corrected chi connectivity index (χ3v) is 7.37. The summed E-state index contributed by atoms with van der Waals surface area (Å²) >= 11 is 0. The van der Waals surface area contributed by atoms with Crippen LogP contribution in [0.1, 0.15) is 109 Å². The number of rotatable bonds is 15. The second-order valence-corrected chi connectivity index (χ2v) is 9.22. The van der Waals surface area contributed by atoms with E-state index in [9.17, 15) is 0 Å². The fourth-order valence-electron chi connectivity index (χ4n) is 5.30. The van der Waals surface area contributed by atoms with Gasteiger partial charge < -0.3 is 9.80 Å². The number of aryl methyl sites for hydroxylation is 2. The van der Waals surface area contributed by atoms with E-state index < -0.39 is 0 Å². The summed E-state index contributed by atoms with van der Waals surface area (Å²) in [5.41, 5.74) is 8.89. The highest BCUT2D eigenvalue weighted by Crippen LogP contribution is 2.37. The van der Waals surface area contributed by atoms with Gasteiger partial charge >= 0.3 is 0 Å². The van der Waals surface area contributed by atoms with Gasteiger partial charge in [-0.15, -0.1) is 0 Å². The molecule has 0 aromatic heterocycles. The summed E-state index contributed by atoms with van der Waals surface area (Å²) in [5.74, 6) is 0.489. The number of hydrogen-bond acceptors (Lipinski definition) is 2. The highest BCUT2D eigenvalue weighted by atomic mass is 15.1. The zero-order valence-corrected chi connectivity index (χ0v) is 22.7. The molecular weight excluding hydrogens is 400 g/mol. The van der Waals surface area contributed by atoms with Gasteiger partial charge in [0.2, 0.25) is 0 Å². The Morgan fingerprint density at radius 3 is 1.39 bits per heavy atom. The molecule has 0 radical (unpaired) electrons. The highest BCUT2D eigenvalue weighted by molar-refractivity contribution is 5.56. The molecule has 2 aromatic rings. The third kappa shape index (κ3) is 7.01. The molecule has 0 N–H and O–H groups in total. The van der Waals surface area contributed by atoms with Gasteiger partial charge in [-0.1, -0.05) is 58.6 Å². The fraction of sp³-hybridized carbons (Fsp3) is 0.613. The lowest BCUT2D eigenvalue weighted by molar-refractivity contribution is 0.592. The van der Waals surface area contributed by atoms with Gasteiger partial charge in [0, 0.05) is 43.5 Å². The summed E-state index contributed by atoms with van der Waals surface area (Å²) in [6.45, 7) is 20.2. The van der Waals surface area contributed by atoms with Crippen LogP contribution >= 0.6 is 0 Å². The minimum Gasteiger partial charge on any atom is -0.372 e. The van der Waals surface area contributed by atoms with Crippen molar-refractivity contribution in [1.29, 1.82) is 0 Å². The number of benzene rings is 2. The van der Waals surface area contributed by atoms with Crippen LogP contribution in [0.2, 0.25) is 0 Å². The molecule has 33 heavy (non-hydrogen) atoms. The first kappa shape index (κ1) is 27.3. The van der Waals surface area contributed by atoms with Crippen LogP contribution in [0.4, 0.5) is 11.4 Å². The van der Waals surface area contributed by atoms with Crippen molar-refractivity contribution >= 4 is 11.4 Å². The molecule has 0 saturated heterocycles. The Morgan fingerprint density at radius 2 is 1.03 bits per heavy atom. The largest absolute Gasteiger partial charge is 0.372 e. The first-order valence-electron chi connectivity index (χ1n) is 13.8. The SMILES string of the molecule is CCCCCCC(c1ccc(N(CC)CC)cc1CC)c1ccc(N(CC)CC)cc1CC. The molecule has 2 nitrogen and oxygen atoms in total. The Bertz CT molecular complexity index is 754. The lowest BCUT2D eigenvalue weighted by Gasteiger charge is -2.28. The first-order chi connectivity index (χ1) is 16.1. The van der Waals surface area contributed by atoms with E-state index in [1.807, 2.05) is 0 Å². The number of anilines is 2. The smallest absolute Gasteiger partial charge is 0.0368 e. The highest BCUT2D eigenvalue weighted by Gasteiger charge is 2.21. The second-order valence-electron chi connectivity index (χ2n) is 9.22. The zero-order chi connectivity index (χ0) is 24.2.